The van der Waals surface area contributed by atoms with E-state index in [0.717, 1.165) is 37.2 Å². The van der Waals surface area contributed by atoms with Crippen molar-refractivity contribution in [2.75, 3.05) is 39.4 Å². The van der Waals surface area contributed by atoms with Crippen LogP contribution in [0.25, 0.3) is 0 Å². The van der Waals surface area contributed by atoms with Crippen molar-refractivity contribution in [1.29, 1.82) is 5.26 Å². The highest BCUT2D eigenvalue weighted by Crippen LogP contribution is 2.51. The molecule has 1 aromatic rings. The second-order valence-electron chi connectivity index (χ2n) is 9.07. The molecule has 144 valence electrons. The summed E-state index contributed by atoms with van der Waals surface area (Å²) in [5.41, 5.74) is 1.73. The highest BCUT2D eigenvalue weighted by atomic mass is 35.5. The molecule has 4 fully saturated rings. The van der Waals surface area contributed by atoms with Gasteiger partial charge >= 0.3 is 0 Å². The molecule has 1 unspecified atom stereocenters. The quantitative estimate of drug-likeness (QED) is 0.708. The first kappa shape index (κ1) is 18.3. The van der Waals surface area contributed by atoms with Gasteiger partial charge in [0.25, 0.3) is 0 Å². The Labute approximate surface area is 170 Å². The third-order valence-electron chi connectivity index (χ3n) is 7.16. The summed E-state index contributed by atoms with van der Waals surface area (Å²) in [7, 11) is 0. The third kappa shape index (κ3) is 3.41. The molecule has 1 atom stereocenters. The summed E-state index contributed by atoms with van der Waals surface area (Å²) in [6.45, 7) is 6.79. The topological polar surface area (TPSA) is 39.5 Å². The van der Waals surface area contributed by atoms with Crippen molar-refractivity contribution >= 4 is 23.5 Å². The van der Waals surface area contributed by atoms with E-state index in [1.165, 1.54) is 45.2 Å². The van der Waals surface area contributed by atoms with Crippen molar-refractivity contribution in [2.24, 2.45) is 10.8 Å². The van der Waals surface area contributed by atoms with Crippen LogP contribution in [-0.2, 0) is 4.74 Å². The normalized spacial score (nSPS) is 29.4. The van der Waals surface area contributed by atoms with Crippen molar-refractivity contribution < 1.29 is 4.74 Å². The molecule has 0 radical (unpaired) electrons. The zero-order valence-corrected chi connectivity index (χ0v) is 17.2. The fourth-order valence-electron chi connectivity index (χ4n) is 5.42. The van der Waals surface area contributed by atoms with Gasteiger partial charge in [0, 0.05) is 42.5 Å². The van der Waals surface area contributed by atoms with Gasteiger partial charge in [-0.05, 0) is 67.7 Å². The number of piperidine rings is 1. The zero-order chi connectivity index (χ0) is 18.5. The first-order valence-corrected chi connectivity index (χ1v) is 11.2. The Morgan fingerprint density at radius 1 is 1.15 bits per heavy atom. The van der Waals surface area contributed by atoms with E-state index in [0.29, 0.717) is 21.4 Å². The maximum atomic E-state index is 8.99. The number of hydrogen-bond acceptors (Lipinski definition) is 5. The minimum absolute atomic E-state index is 0.538. The van der Waals surface area contributed by atoms with Gasteiger partial charge in [0.2, 0.25) is 0 Å². The van der Waals surface area contributed by atoms with E-state index in [4.69, 9.17) is 21.6 Å². The molecule has 4 aliphatic rings. The molecule has 5 rings (SSSR count). The number of halogens is 1. The summed E-state index contributed by atoms with van der Waals surface area (Å²) >= 11 is 8.10. The van der Waals surface area contributed by atoms with Crippen LogP contribution in [0.3, 0.4) is 0 Å². The molecule has 3 heterocycles. The summed E-state index contributed by atoms with van der Waals surface area (Å²) in [4.78, 5) is 3.79. The summed E-state index contributed by atoms with van der Waals surface area (Å²) in [6.07, 6.45) is 6.76. The van der Waals surface area contributed by atoms with Crippen LogP contribution in [0.5, 0.6) is 0 Å². The van der Waals surface area contributed by atoms with E-state index in [-0.39, 0.29) is 0 Å². The Kier molecular flexibility index (Phi) is 4.69. The Balaban J connectivity index is 1.13. The highest BCUT2D eigenvalue weighted by molar-refractivity contribution is 7.97. The lowest BCUT2D eigenvalue weighted by molar-refractivity contribution is -0.198. The first-order valence-electron chi connectivity index (χ1n) is 10.0. The Hall–Kier alpha value is -0.770. The van der Waals surface area contributed by atoms with Gasteiger partial charge in [-0.3, -0.25) is 4.90 Å². The van der Waals surface area contributed by atoms with E-state index in [9.17, 15) is 0 Å². The van der Waals surface area contributed by atoms with Crippen LogP contribution in [-0.4, -0.2) is 54.6 Å². The summed E-state index contributed by atoms with van der Waals surface area (Å²) in [5.74, 6) is 0. The molecule has 27 heavy (non-hydrogen) atoms. The van der Waals surface area contributed by atoms with E-state index in [1.54, 1.807) is 18.0 Å². The number of hydrogen-bond donors (Lipinski definition) is 0. The predicted molar refractivity (Wildman–Crippen MR) is 108 cm³/mol. The molecular formula is C21H26ClN3OS. The van der Waals surface area contributed by atoms with Gasteiger partial charge in [-0.1, -0.05) is 11.6 Å². The summed E-state index contributed by atoms with van der Waals surface area (Å²) in [5, 5.41) is 9.67. The molecule has 3 aliphatic heterocycles. The number of nitriles is 1. The van der Waals surface area contributed by atoms with Crippen molar-refractivity contribution in [3.63, 3.8) is 0 Å². The number of nitrogens with zero attached hydrogens (tertiary/aromatic N) is 3. The van der Waals surface area contributed by atoms with Crippen LogP contribution < -0.4 is 0 Å². The number of rotatable bonds is 3. The fraction of sp³-hybridized carbons (Fsp3) is 0.667. The van der Waals surface area contributed by atoms with Crippen LogP contribution in [0.1, 0.15) is 37.7 Å². The van der Waals surface area contributed by atoms with Gasteiger partial charge in [-0.25, -0.2) is 4.31 Å². The van der Waals surface area contributed by atoms with Gasteiger partial charge in [0.15, 0.2) is 0 Å². The standard InChI is InChI=1S/C21H26ClN3OS/c22-18-9-16(11-23)1-2-19(18)27-25-7-5-20(6-8-25)4-3-17(10-20)24-12-21(13-24)14-26-15-21/h1-2,9,17H,3-8,10,12-15H2. The molecule has 1 aliphatic carbocycles. The van der Waals surface area contributed by atoms with Crippen LogP contribution in [0.15, 0.2) is 23.1 Å². The van der Waals surface area contributed by atoms with Gasteiger partial charge in [-0.2, -0.15) is 5.26 Å². The van der Waals surface area contributed by atoms with Crippen LogP contribution in [0.2, 0.25) is 5.02 Å². The second-order valence-corrected chi connectivity index (χ2v) is 10.6. The zero-order valence-electron chi connectivity index (χ0n) is 15.6. The summed E-state index contributed by atoms with van der Waals surface area (Å²) < 4.78 is 7.88. The van der Waals surface area contributed by atoms with Gasteiger partial charge in [0.05, 0.1) is 29.9 Å². The minimum Gasteiger partial charge on any atom is -0.380 e. The lowest BCUT2D eigenvalue weighted by Crippen LogP contribution is -2.67. The maximum Gasteiger partial charge on any atom is 0.0992 e. The molecule has 3 saturated heterocycles. The molecule has 2 spiro atoms. The van der Waals surface area contributed by atoms with E-state index in [2.05, 4.69) is 15.3 Å². The maximum absolute atomic E-state index is 8.99. The number of benzene rings is 1. The Morgan fingerprint density at radius 2 is 1.93 bits per heavy atom. The van der Waals surface area contributed by atoms with Gasteiger partial charge in [-0.15, -0.1) is 0 Å². The van der Waals surface area contributed by atoms with E-state index >= 15 is 0 Å². The molecular weight excluding hydrogens is 378 g/mol. The molecule has 0 bridgehead atoms. The third-order valence-corrected chi connectivity index (χ3v) is 8.76. The van der Waals surface area contributed by atoms with Gasteiger partial charge < -0.3 is 4.74 Å². The average molecular weight is 404 g/mol. The minimum atomic E-state index is 0.538. The van der Waals surface area contributed by atoms with Crippen molar-refractivity contribution in [3.05, 3.63) is 28.8 Å². The largest absolute Gasteiger partial charge is 0.380 e. The highest BCUT2D eigenvalue weighted by Gasteiger charge is 2.53. The molecule has 1 saturated carbocycles. The van der Waals surface area contributed by atoms with Crippen molar-refractivity contribution in [3.8, 4) is 6.07 Å². The molecule has 0 amide bonds. The number of ether oxygens (including phenoxy) is 1. The Bertz CT molecular complexity index is 759. The smallest absolute Gasteiger partial charge is 0.0992 e. The molecule has 0 aromatic heterocycles. The first-order chi connectivity index (χ1) is 13.1. The lowest BCUT2D eigenvalue weighted by atomic mass is 9.75. The SMILES string of the molecule is N#Cc1ccc(SN2CCC3(CCC(N4CC5(COC5)C4)C3)CC2)c(Cl)c1. The van der Waals surface area contributed by atoms with E-state index in [1.807, 2.05) is 12.1 Å². The van der Waals surface area contributed by atoms with Crippen molar-refractivity contribution in [2.45, 2.75) is 43.0 Å². The van der Waals surface area contributed by atoms with Gasteiger partial charge in [0.1, 0.15) is 0 Å². The molecule has 0 N–H and O–H groups in total. The predicted octanol–water partition coefficient (Wildman–Crippen LogP) is 4.19. The van der Waals surface area contributed by atoms with Crippen LogP contribution in [0, 0.1) is 22.2 Å². The summed E-state index contributed by atoms with van der Waals surface area (Å²) in [6, 6.07) is 8.56. The second kappa shape index (κ2) is 6.93. The molecule has 6 heteroatoms. The average Bonchev–Trinajstić information content (AvgIpc) is 3.00. The van der Waals surface area contributed by atoms with Crippen LogP contribution in [0.4, 0.5) is 0 Å². The Morgan fingerprint density at radius 3 is 2.56 bits per heavy atom. The molecule has 4 nitrogen and oxygen atoms in total. The van der Waals surface area contributed by atoms with Crippen LogP contribution >= 0.6 is 23.5 Å². The molecule has 1 aromatic carbocycles. The van der Waals surface area contributed by atoms with E-state index < -0.39 is 0 Å². The monoisotopic (exact) mass is 403 g/mol. The lowest BCUT2D eigenvalue weighted by Gasteiger charge is -2.57. The number of likely N-dealkylation sites (tertiary alicyclic amines) is 1. The van der Waals surface area contributed by atoms with Crippen molar-refractivity contribution in [1.82, 2.24) is 9.21 Å². The fourth-order valence-corrected chi connectivity index (χ4v) is 6.63.